The molecule has 2 heterocycles. The van der Waals surface area contributed by atoms with Crippen molar-refractivity contribution in [1.82, 2.24) is 9.47 Å². The van der Waals surface area contributed by atoms with Gasteiger partial charge in [-0.2, -0.15) is 0 Å². The van der Waals surface area contributed by atoms with E-state index in [0.29, 0.717) is 6.54 Å². The van der Waals surface area contributed by atoms with Crippen molar-refractivity contribution in [2.24, 2.45) is 0 Å². The molecule has 5 nitrogen and oxygen atoms in total. The molecule has 0 bridgehead atoms. The second-order valence-electron chi connectivity index (χ2n) is 6.74. The number of likely N-dealkylation sites (tertiary alicyclic amines) is 1. The molecule has 1 atom stereocenters. The Labute approximate surface area is 132 Å². The van der Waals surface area contributed by atoms with Gasteiger partial charge in [0.05, 0.1) is 6.57 Å². The zero-order valence-corrected chi connectivity index (χ0v) is 13.9. The fourth-order valence-corrected chi connectivity index (χ4v) is 2.95. The zero-order valence-electron chi connectivity index (χ0n) is 13.9. The van der Waals surface area contributed by atoms with Crippen molar-refractivity contribution in [2.75, 3.05) is 13.1 Å². The molecule has 0 radical (unpaired) electrons. The van der Waals surface area contributed by atoms with Crippen molar-refractivity contribution in [1.29, 1.82) is 0 Å². The lowest BCUT2D eigenvalue weighted by Gasteiger charge is -2.35. The number of hydrogen-bond donors (Lipinski definition) is 0. The van der Waals surface area contributed by atoms with Crippen molar-refractivity contribution < 1.29 is 9.53 Å². The van der Waals surface area contributed by atoms with E-state index in [9.17, 15) is 4.79 Å². The Hall–Kier alpha value is -1.96. The minimum Gasteiger partial charge on any atom is -0.444 e. The Kier molecular flexibility index (Phi) is 4.80. The van der Waals surface area contributed by atoms with Crippen LogP contribution in [0.2, 0.25) is 0 Å². The maximum atomic E-state index is 12.3. The van der Waals surface area contributed by atoms with E-state index < -0.39 is 5.60 Å². The van der Waals surface area contributed by atoms with E-state index in [1.165, 1.54) is 0 Å². The van der Waals surface area contributed by atoms with Gasteiger partial charge < -0.3 is 14.2 Å². The number of nitrogens with zero attached hydrogens (tertiary/aromatic N) is 3. The molecule has 1 fully saturated rings. The normalized spacial score (nSPS) is 18.9. The van der Waals surface area contributed by atoms with E-state index in [4.69, 9.17) is 11.3 Å². The monoisotopic (exact) mass is 303 g/mol. The van der Waals surface area contributed by atoms with Crippen LogP contribution < -0.4 is 0 Å². The maximum Gasteiger partial charge on any atom is 0.410 e. The summed E-state index contributed by atoms with van der Waals surface area (Å²) in [7, 11) is 0. The average Bonchev–Trinajstić information content (AvgIpc) is 2.88. The third-order valence-corrected chi connectivity index (χ3v) is 3.90. The number of carbonyl (C=O) groups excluding carboxylic acids is 1. The summed E-state index contributed by atoms with van der Waals surface area (Å²) in [5, 5.41) is 0. The van der Waals surface area contributed by atoms with Gasteiger partial charge in [-0.15, -0.1) is 0 Å². The fourth-order valence-electron chi connectivity index (χ4n) is 2.95. The van der Waals surface area contributed by atoms with Gasteiger partial charge in [-0.05, 0) is 52.3 Å². The topological polar surface area (TPSA) is 38.8 Å². The molecule has 0 unspecified atom stereocenters. The Bertz CT molecular complexity index is 578. The van der Waals surface area contributed by atoms with Gasteiger partial charge in [0.2, 0.25) is 5.69 Å². The van der Waals surface area contributed by atoms with Crippen molar-refractivity contribution in [3.05, 3.63) is 29.4 Å². The molecule has 0 N–H and O–H groups in total. The van der Waals surface area contributed by atoms with Crippen LogP contribution in [0.15, 0.2) is 12.3 Å². The number of aromatic nitrogens is 1. The van der Waals surface area contributed by atoms with Crippen LogP contribution in [-0.4, -0.2) is 34.3 Å². The number of rotatable bonds is 2. The Morgan fingerprint density at radius 1 is 1.50 bits per heavy atom. The molecule has 120 valence electrons. The van der Waals surface area contributed by atoms with E-state index in [1.807, 2.05) is 33.0 Å². The van der Waals surface area contributed by atoms with Crippen molar-refractivity contribution in [3.8, 4) is 0 Å². The molecule has 0 aliphatic carbocycles. The second kappa shape index (κ2) is 6.43. The van der Waals surface area contributed by atoms with Crippen LogP contribution >= 0.6 is 0 Å². The predicted octanol–water partition coefficient (Wildman–Crippen LogP) is 4.17. The van der Waals surface area contributed by atoms with E-state index in [1.54, 1.807) is 4.90 Å². The Balaban J connectivity index is 2.13. The molecule has 1 aromatic rings. The molecular formula is C17H25N3O2. The van der Waals surface area contributed by atoms with Gasteiger partial charge in [0.1, 0.15) is 5.60 Å². The maximum absolute atomic E-state index is 12.3. The average molecular weight is 303 g/mol. The summed E-state index contributed by atoms with van der Waals surface area (Å²) < 4.78 is 7.64. The molecule has 5 heteroatoms. The quantitative estimate of drug-likeness (QED) is 0.769. The minimum absolute atomic E-state index is 0.228. The highest BCUT2D eigenvalue weighted by Crippen LogP contribution is 2.30. The molecule has 1 aromatic heterocycles. The van der Waals surface area contributed by atoms with Crippen LogP contribution in [0.25, 0.3) is 4.85 Å². The van der Waals surface area contributed by atoms with Gasteiger partial charge in [0.15, 0.2) is 0 Å². The number of amides is 1. The van der Waals surface area contributed by atoms with Crippen molar-refractivity contribution >= 4 is 11.8 Å². The highest BCUT2D eigenvalue weighted by atomic mass is 16.6. The third-order valence-electron chi connectivity index (χ3n) is 3.90. The summed E-state index contributed by atoms with van der Waals surface area (Å²) in [5.41, 5.74) is 1.31. The molecule has 22 heavy (non-hydrogen) atoms. The summed E-state index contributed by atoms with van der Waals surface area (Å²) >= 11 is 0. The minimum atomic E-state index is -0.469. The lowest BCUT2D eigenvalue weighted by molar-refractivity contribution is 0.0172. The third kappa shape index (κ3) is 3.62. The van der Waals surface area contributed by atoms with Crippen LogP contribution in [0.3, 0.4) is 0 Å². The van der Waals surface area contributed by atoms with Crippen LogP contribution in [0.5, 0.6) is 0 Å². The first-order valence-electron chi connectivity index (χ1n) is 7.90. The summed E-state index contributed by atoms with van der Waals surface area (Å²) in [5.74, 6) is 0. The molecule has 0 saturated carbocycles. The summed E-state index contributed by atoms with van der Waals surface area (Å²) in [4.78, 5) is 17.6. The first-order chi connectivity index (χ1) is 10.4. The highest BCUT2D eigenvalue weighted by molar-refractivity contribution is 5.68. The zero-order chi connectivity index (χ0) is 16.3. The number of ether oxygens (including phenoxy) is 1. The standard InChI is InChI=1S/C17H25N3O2/c1-6-15-14(18-5)9-11-20(15)13-8-7-10-19(12-13)16(21)22-17(2,3)4/h9,11,13H,6-8,10,12H2,1-4H3/t13-/m1/s1. The largest absolute Gasteiger partial charge is 0.444 e. The fraction of sp³-hybridized carbons (Fsp3) is 0.647. The molecule has 0 aromatic carbocycles. The number of carbonyl (C=O) groups is 1. The SMILES string of the molecule is [C-]#[N+]c1ccn([C@@H]2CCCN(C(=O)OC(C)(C)C)C2)c1CC. The lowest BCUT2D eigenvalue weighted by Crippen LogP contribution is -2.43. The van der Waals surface area contributed by atoms with Crippen molar-refractivity contribution in [2.45, 2.75) is 58.6 Å². The molecule has 1 saturated heterocycles. The number of hydrogen-bond acceptors (Lipinski definition) is 2. The van der Waals surface area contributed by atoms with Gasteiger partial charge in [0.25, 0.3) is 0 Å². The van der Waals surface area contributed by atoms with Gasteiger partial charge in [-0.1, -0.05) is 6.92 Å². The smallest absolute Gasteiger partial charge is 0.410 e. The van der Waals surface area contributed by atoms with Crippen LogP contribution in [0, 0.1) is 6.57 Å². The first-order valence-corrected chi connectivity index (χ1v) is 7.90. The second-order valence-corrected chi connectivity index (χ2v) is 6.74. The van der Waals surface area contributed by atoms with E-state index in [2.05, 4.69) is 16.3 Å². The molecule has 0 spiro atoms. The van der Waals surface area contributed by atoms with Crippen LogP contribution in [0.4, 0.5) is 10.5 Å². The summed E-state index contributed by atoms with van der Waals surface area (Å²) in [6.45, 7) is 16.4. The van der Waals surface area contributed by atoms with Crippen LogP contribution in [0.1, 0.15) is 52.3 Å². The number of piperidine rings is 1. The molecule has 1 aliphatic rings. The van der Waals surface area contributed by atoms with E-state index in [-0.39, 0.29) is 12.1 Å². The van der Waals surface area contributed by atoms with Gasteiger partial charge in [-0.3, -0.25) is 0 Å². The Morgan fingerprint density at radius 3 is 2.82 bits per heavy atom. The molecule has 1 amide bonds. The Morgan fingerprint density at radius 2 is 2.23 bits per heavy atom. The van der Waals surface area contributed by atoms with Gasteiger partial charge in [-0.25, -0.2) is 9.64 Å². The molecule has 2 rings (SSSR count). The highest BCUT2D eigenvalue weighted by Gasteiger charge is 2.29. The van der Waals surface area contributed by atoms with Gasteiger partial charge in [0, 0.05) is 24.8 Å². The summed E-state index contributed by atoms with van der Waals surface area (Å²) in [6, 6.07) is 2.10. The summed E-state index contributed by atoms with van der Waals surface area (Å²) in [6.07, 6.45) is 4.55. The first kappa shape index (κ1) is 16.4. The lowest BCUT2D eigenvalue weighted by atomic mass is 10.1. The van der Waals surface area contributed by atoms with Crippen LogP contribution in [-0.2, 0) is 11.2 Å². The molecule has 1 aliphatic heterocycles. The van der Waals surface area contributed by atoms with E-state index >= 15 is 0 Å². The van der Waals surface area contributed by atoms with E-state index in [0.717, 1.165) is 37.2 Å². The van der Waals surface area contributed by atoms with Crippen molar-refractivity contribution in [3.63, 3.8) is 0 Å². The van der Waals surface area contributed by atoms with Gasteiger partial charge >= 0.3 is 6.09 Å². The predicted molar refractivity (Wildman–Crippen MR) is 86.2 cm³/mol. The molecular weight excluding hydrogens is 278 g/mol.